The Bertz CT molecular complexity index is 934. The number of benzene rings is 1. The minimum absolute atomic E-state index is 0.101. The zero-order valence-corrected chi connectivity index (χ0v) is 16.2. The van der Waals surface area contributed by atoms with Gasteiger partial charge in [0.15, 0.2) is 0 Å². The number of carbonyl (C=O) groups is 2. The van der Waals surface area contributed by atoms with Crippen molar-refractivity contribution in [2.75, 3.05) is 11.9 Å². The van der Waals surface area contributed by atoms with Gasteiger partial charge in [0.25, 0.3) is 11.5 Å². The van der Waals surface area contributed by atoms with Gasteiger partial charge in [-0.3, -0.25) is 14.4 Å². The predicted octanol–water partition coefficient (Wildman–Crippen LogP) is 2.87. The van der Waals surface area contributed by atoms with Crippen LogP contribution in [-0.2, 0) is 11.3 Å². The van der Waals surface area contributed by atoms with Crippen molar-refractivity contribution in [2.45, 2.75) is 34.2 Å². The third kappa shape index (κ3) is 4.14. The van der Waals surface area contributed by atoms with Gasteiger partial charge < -0.3 is 15.2 Å². The number of aromatic nitrogens is 1. The van der Waals surface area contributed by atoms with Crippen LogP contribution in [0.25, 0.3) is 0 Å². The number of nitrogens with one attached hydrogen (secondary N) is 2. The molecule has 0 saturated heterocycles. The molecule has 138 valence electrons. The van der Waals surface area contributed by atoms with Gasteiger partial charge in [0, 0.05) is 48.0 Å². The fourth-order valence-corrected chi connectivity index (χ4v) is 3.00. The van der Waals surface area contributed by atoms with Crippen LogP contribution in [0.15, 0.2) is 23.0 Å². The maximum atomic E-state index is 12.6. The van der Waals surface area contributed by atoms with E-state index in [0.29, 0.717) is 27.4 Å². The topological polar surface area (TPSA) is 82.3 Å². The zero-order valence-electron chi connectivity index (χ0n) is 15.5. The van der Waals surface area contributed by atoms with E-state index in [0.717, 1.165) is 11.3 Å². The summed E-state index contributed by atoms with van der Waals surface area (Å²) in [6.45, 7) is 6.92. The summed E-state index contributed by atoms with van der Waals surface area (Å²) < 4.78 is 0. The number of hydrogen-bond acceptors (Lipinski definition) is 3. The molecule has 0 spiro atoms. The van der Waals surface area contributed by atoms with E-state index in [1.807, 2.05) is 13.0 Å². The molecule has 2 rings (SSSR count). The number of H-pyrrole nitrogens is 1. The summed E-state index contributed by atoms with van der Waals surface area (Å²) in [6, 6.07) is 5.05. The Balaban J connectivity index is 2.31. The number of nitrogens with zero attached hydrogens (tertiary/aromatic N) is 1. The first-order valence-corrected chi connectivity index (χ1v) is 8.51. The standard InChI is InChI=1S/C19H22ClN3O3/c1-10-6-11(2)22-19(26)16(10)9-21-18(25)15-7-14(20)8-17(12(15)3)23(5)13(4)24/h6-8H,9H2,1-5H3,(H,21,25)(H,22,26). The van der Waals surface area contributed by atoms with Crippen molar-refractivity contribution in [3.63, 3.8) is 0 Å². The molecule has 0 bridgehead atoms. The van der Waals surface area contributed by atoms with Gasteiger partial charge in [0.05, 0.1) is 0 Å². The molecular weight excluding hydrogens is 354 g/mol. The quantitative estimate of drug-likeness (QED) is 0.862. The molecule has 1 aromatic carbocycles. The molecule has 0 saturated carbocycles. The molecule has 0 aliphatic rings. The summed E-state index contributed by atoms with van der Waals surface area (Å²) in [6.07, 6.45) is 0. The van der Waals surface area contributed by atoms with Crippen LogP contribution in [0.3, 0.4) is 0 Å². The van der Waals surface area contributed by atoms with E-state index in [4.69, 9.17) is 11.6 Å². The fraction of sp³-hybridized carbons (Fsp3) is 0.316. The Morgan fingerprint density at radius 3 is 2.42 bits per heavy atom. The smallest absolute Gasteiger partial charge is 0.253 e. The Labute approximate surface area is 157 Å². The lowest BCUT2D eigenvalue weighted by Gasteiger charge is -2.20. The second kappa shape index (κ2) is 7.74. The molecule has 2 aromatic rings. The van der Waals surface area contributed by atoms with Crippen LogP contribution in [0.1, 0.15) is 39.7 Å². The Kier molecular flexibility index (Phi) is 5.87. The SMILES string of the molecule is CC(=O)N(C)c1cc(Cl)cc(C(=O)NCc2c(C)cc(C)[nH]c2=O)c1C. The molecule has 0 radical (unpaired) electrons. The second-order valence-electron chi connectivity index (χ2n) is 6.30. The van der Waals surface area contributed by atoms with Gasteiger partial charge in [0.1, 0.15) is 0 Å². The molecule has 2 amide bonds. The van der Waals surface area contributed by atoms with E-state index >= 15 is 0 Å². The molecule has 0 fully saturated rings. The predicted molar refractivity (Wildman–Crippen MR) is 103 cm³/mol. The van der Waals surface area contributed by atoms with Crippen molar-refractivity contribution in [1.29, 1.82) is 0 Å². The van der Waals surface area contributed by atoms with Crippen LogP contribution >= 0.6 is 11.6 Å². The molecule has 0 aliphatic carbocycles. The monoisotopic (exact) mass is 375 g/mol. The average Bonchev–Trinajstić information content (AvgIpc) is 2.54. The Morgan fingerprint density at radius 2 is 1.85 bits per heavy atom. The highest BCUT2D eigenvalue weighted by Gasteiger charge is 2.18. The molecule has 0 unspecified atom stereocenters. The molecule has 26 heavy (non-hydrogen) atoms. The van der Waals surface area contributed by atoms with Gasteiger partial charge in [-0.05, 0) is 50.1 Å². The lowest BCUT2D eigenvalue weighted by Crippen LogP contribution is -2.29. The minimum atomic E-state index is -0.359. The lowest BCUT2D eigenvalue weighted by atomic mass is 10.0. The van der Waals surface area contributed by atoms with Gasteiger partial charge in [-0.15, -0.1) is 0 Å². The first-order valence-electron chi connectivity index (χ1n) is 8.13. The van der Waals surface area contributed by atoms with Crippen molar-refractivity contribution in [3.05, 3.63) is 61.5 Å². The molecular formula is C19H22ClN3O3. The number of pyridine rings is 1. The second-order valence-corrected chi connectivity index (χ2v) is 6.74. The van der Waals surface area contributed by atoms with Gasteiger partial charge in [-0.1, -0.05) is 11.6 Å². The Morgan fingerprint density at radius 1 is 1.19 bits per heavy atom. The summed E-state index contributed by atoms with van der Waals surface area (Å²) in [7, 11) is 1.62. The normalized spacial score (nSPS) is 10.5. The maximum absolute atomic E-state index is 12.6. The third-order valence-electron chi connectivity index (χ3n) is 4.34. The summed E-state index contributed by atoms with van der Waals surface area (Å²) in [5.74, 6) is -0.522. The van der Waals surface area contributed by atoms with Crippen molar-refractivity contribution in [1.82, 2.24) is 10.3 Å². The van der Waals surface area contributed by atoms with Crippen LogP contribution in [0.5, 0.6) is 0 Å². The molecule has 1 heterocycles. The van der Waals surface area contributed by atoms with E-state index in [2.05, 4.69) is 10.3 Å². The zero-order chi connectivity index (χ0) is 19.6. The van der Waals surface area contributed by atoms with Crippen LogP contribution in [0.4, 0.5) is 5.69 Å². The number of hydrogen-bond donors (Lipinski definition) is 2. The van der Waals surface area contributed by atoms with Crippen molar-refractivity contribution >= 4 is 29.1 Å². The molecule has 7 heteroatoms. The first-order chi connectivity index (χ1) is 12.1. The van der Waals surface area contributed by atoms with Crippen LogP contribution in [0.2, 0.25) is 5.02 Å². The van der Waals surface area contributed by atoms with E-state index in [1.165, 1.54) is 11.8 Å². The number of aryl methyl sites for hydroxylation is 2. The first kappa shape index (κ1) is 19.7. The van der Waals surface area contributed by atoms with Gasteiger partial charge in [-0.25, -0.2) is 0 Å². The molecule has 1 aromatic heterocycles. The van der Waals surface area contributed by atoms with Crippen molar-refractivity contribution < 1.29 is 9.59 Å². The van der Waals surface area contributed by atoms with E-state index < -0.39 is 0 Å². The number of aromatic amines is 1. The largest absolute Gasteiger partial charge is 0.348 e. The molecule has 0 atom stereocenters. The summed E-state index contributed by atoms with van der Waals surface area (Å²) in [5, 5.41) is 3.11. The molecule has 6 nitrogen and oxygen atoms in total. The van der Waals surface area contributed by atoms with E-state index in [-0.39, 0.29) is 23.9 Å². The summed E-state index contributed by atoms with van der Waals surface area (Å²) in [4.78, 5) is 40.5. The van der Waals surface area contributed by atoms with Gasteiger partial charge in [0.2, 0.25) is 5.91 Å². The average molecular weight is 376 g/mol. The van der Waals surface area contributed by atoms with Crippen LogP contribution < -0.4 is 15.8 Å². The number of rotatable bonds is 4. The molecule has 0 aliphatic heterocycles. The highest BCUT2D eigenvalue weighted by Crippen LogP contribution is 2.27. The van der Waals surface area contributed by atoms with E-state index in [1.54, 1.807) is 33.0 Å². The van der Waals surface area contributed by atoms with Gasteiger partial charge >= 0.3 is 0 Å². The third-order valence-corrected chi connectivity index (χ3v) is 4.56. The number of carbonyl (C=O) groups excluding carboxylic acids is 2. The van der Waals surface area contributed by atoms with Crippen LogP contribution in [0, 0.1) is 20.8 Å². The summed E-state index contributed by atoms with van der Waals surface area (Å²) >= 11 is 6.13. The Hall–Kier alpha value is -2.60. The number of anilines is 1. The lowest BCUT2D eigenvalue weighted by molar-refractivity contribution is -0.116. The van der Waals surface area contributed by atoms with E-state index in [9.17, 15) is 14.4 Å². The van der Waals surface area contributed by atoms with Crippen molar-refractivity contribution in [3.8, 4) is 0 Å². The number of amides is 2. The molecule has 2 N–H and O–H groups in total. The van der Waals surface area contributed by atoms with Crippen LogP contribution in [-0.4, -0.2) is 23.8 Å². The summed E-state index contributed by atoms with van der Waals surface area (Å²) in [5.41, 5.74) is 3.43. The minimum Gasteiger partial charge on any atom is -0.348 e. The van der Waals surface area contributed by atoms with Gasteiger partial charge in [-0.2, -0.15) is 0 Å². The highest BCUT2D eigenvalue weighted by atomic mass is 35.5. The number of halogens is 1. The highest BCUT2D eigenvalue weighted by molar-refractivity contribution is 6.31. The fourth-order valence-electron chi connectivity index (χ4n) is 2.78. The van der Waals surface area contributed by atoms with Crippen molar-refractivity contribution in [2.24, 2.45) is 0 Å². The maximum Gasteiger partial charge on any atom is 0.253 e.